The van der Waals surface area contributed by atoms with E-state index in [2.05, 4.69) is 58.5 Å². The lowest BCUT2D eigenvalue weighted by Crippen LogP contribution is -2.98. The molecule has 0 spiro atoms. The summed E-state index contributed by atoms with van der Waals surface area (Å²) in [5.41, 5.74) is 1.01. The Bertz CT molecular complexity index is 469. The van der Waals surface area contributed by atoms with Gasteiger partial charge in [-0.15, -0.1) is 0 Å². The van der Waals surface area contributed by atoms with Crippen LogP contribution in [0.4, 0.5) is 0 Å². The molecule has 3 nitrogen and oxygen atoms in total. The van der Waals surface area contributed by atoms with Crippen molar-refractivity contribution >= 4 is 0 Å². The Kier molecular flexibility index (Phi) is 6.78. The number of nitrogens with two attached hydrogens (primary N) is 2. The average molecular weight is 351 g/mol. The van der Waals surface area contributed by atoms with Gasteiger partial charge in [0, 0.05) is 18.3 Å². The van der Waals surface area contributed by atoms with E-state index in [1.54, 1.807) is 0 Å². The van der Waals surface area contributed by atoms with E-state index in [1.165, 1.54) is 31.3 Å². The maximum atomic E-state index is 11.1. The number of quaternary nitrogens is 2. The molecule has 3 heteroatoms. The monoisotopic (exact) mass is 350 g/mol. The summed E-state index contributed by atoms with van der Waals surface area (Å²) >= 11 is 0. The molecule has 2 rings (SSSR count). The van der Waals surface area contributed by atoms with Crippen molar-refractivity contribution in [3.63, 3.8) is 0 Å². The lowest BCUT2D eigenvalue weighted by Gasteiger charge is -2.57. The Morgan fingerprint density at radius 3 is 2.48 bits per heavy atom. The van der Waals surface area contributed by atoms with Crippen molar-refractivity contribution in [2.45, 2.75) is 90.3 Å². The third kappa shape index (κ3) is 4.31. The van der Waals surface area contributed by atoms with E-state index in [4.69, 9.17) is 0 Å². The summed E-state index contributed by atoms with van der Waals surface area (Å²) in [7, 11) is 8.31. The number of rotatable bonds is 6. The molecule has 2 aliphatic carbocycles. The molecule has 7 unspecified atom stereocenters. The molecule has 2 saturated carbocycles. The minimum Gasteiger partial charge on any atom is -0.474 e. The van der Waals surface area contributed by atoms with Crippen molar-refractivity contribution in [2.24, 2.45) is 23.7 Å². The predicted molar refractivity (Wildman–Crippen MR) is 104 cm³/mol. The average Bonchev–Trinajstić information content (AvgIpc) is 2.53. The van der Waals surface area contributed by atoms with Crippen molar-refractivity contribution < 1.29 is 15.7 Å². The first kappa shape index (κ1) is 20.9. The van der Waals surface area contributed by atoms with E-state index >= 15 is 0 Å². The summed E-state index contributed by atoms with van der Waals surface area (Å²) in [6, 6.07) is 0.196. The van der Waals surface area contributed by atoms with Crippen LogP contribution in [0.25, 0.3) is 0 Å². The molecule has 0 aromatic heterocycles. The van der Waals surface area contributed by atoms with Crippen LogP contribution >= 0.6 is 0 Å². The molecule has 25 heavy (non-hydrogen) atoms. The molecule has 0 amide bonds. The van der Waals surface area contributed by atoms with Crippen molar-refractivity contribution in [1.82, 2.24) is 0 Å². The van der Waals surface area contributed by atoms with Gasteiger partial charge in [0.05, 0.1) is 11.6 Å². The second kappa shape index (κ2) is 8.10. The van der Waals surface area contributed by atoms with E-state index in [0.717, 1.165) is 12.8 Å². The fraction of sp³-hybridized carbons (Fsp3) is 0.818. The molecule has 0 aliphatic heterocycles. The van der Waals surface area contributed by atoms with E-state index in [9.17, 15) is 5.11 Å². The van der Waals surface area contributed by atoms with Gasteiger partial charge >= 0.3 is 0 Å². The fourth-order valence-corrected chi connectivity index (χ4v) is 5.84. The highest BCUT2D eigenvalue weighted by Gasteiger charge is 2.58. The van der Waals surface area contributed by atoms with Crippen LogP contribution in [0.1, 0.15) is 73.1 Å². The molecule has 2 aliphatic rings. The maximum absolute atomic E-state index is 11.1. The van der Waals surface area contributed by atoms with Gasteiger partial charge in [0.1, 0.15) is 5.60 Å². The first-order chi connectivity index (χ1) is 11.7. The van der Waals surface area contributed by atoms with Gasteiger partial charge in [0.2, 0.25) is 0 Å². The molecule has 5 N–H and O–H groups in total. The smallest absolute Gasteiger partial charge is 0.111 e. The minimum absolute atomic E-state index is 0.196. The van der Waals surface area contributed by atoms with Gasteiger partial charge in [-0.05, 0) is 71.6 Å². The third-order valence-electron chi connectivity index (χ3n) is 7.54. The zero-order valence-corrected chi connectivity index (χ0v) is 17.2. The maximum Gasteiger partial charge on any atom is 0.111 e. The zero-order chi connectivity index (χ0) is 18.8. The molecule has 0 heterocycles. The topological polar surface area (TPSA) is 53.5 Å². The standard InChI is InChI=1S/C22H42N2O/c1-15(2)9-8-10-16(3)17-11-13-21(4,24-7)18-12-14-22(5,25)20(23-6)19(17)18/h9,16-20,25H,6-8,10-14,23-24H2,1-5H3. The van der Waals surface area contributed by atoms with Gasteiger partial charge in [-0.2, -0.15) is 14.1 Å². The first-order valence-electron chi connectivity index (χ1n) is 10.3. The van der Waals surface area contributed by atoms with Gasteiger partial charge in [0.25, 0.3) is 0 Å². The third-order valence-corrected chi connectivity index (χ3v) is 7.54. The lowest BCUT2D eigenvalue weighted by molar-refractivity contribution is -0.703. The molecule has 0 radical (unpaired) electrons. The zero-order valence-electron chi connectivity index (χ0n) is 17.2. The summed E-state index contributed by atoms with van der Waals surface area (Å²) < 4.78 is 0. The number of allylic oxidation sites excluding steroid dienone is 2. The summed E-state index contributed by atoms with van der Waals surface area (Å²) in [5, 5.41) is 15.3. The van der Waals surface area contributed by atoms with Gasteiger partial charge in [-0.1, -0.05) is 18.6 Å². The molecule has 2 fully saturated rings. The minimum atomic E-state index is -0.611. The molecular weight excluding hydrogens is 308 g/mol. The Hall–Kier alpha value is -0.380. The van der Waals surface area contributed by atoms with E-state index < -0.39 is 5.60 Å². The molecule has 146 valence electrons. The van der Waals surface area contributed by atoms with Crippen molar-refractivity contribution in [3.05, 3.63) is 25.7 Å². The second-order valence-electron chi connectivity index (χ2n) is 9.59. The van der Waals surface area contributed by atoms with Crippen LogP contribution in [0.15, 0.2) is 11.6 Å². The van der Waals surface area contributed by atoms with Crippen LogP contribution in [0.5, 0.6) is 0 Å². The first-order valence-corrected chi connectivity index (χ1v) is 10.3. The highest BCUT2D eigenvalue weighted by Crippen LogP contribution is 2.51. The summed E-state index contributed by atoms with van der Waals surface area (Å²) in [6.07, 6.45) is 9.27. The number of fused-ring (bicyclic) bond motifs is 1. The summed E-state index contributed by atoms with van der Waals surface area (Å²) in [6.45, 7) is 11.2. The van der Waals surface area contributed by atoms with Gasteiger partial charge in [-0.3, -0.25) is 0 Å². The largest absolute Gasteiger partial charge is 0.474 e. The highest BCUT2D eigenvalue weighted by molar-refractivity contribution is 5.06. The summed E-state index contributed by atoms with van der Waals surface area (Å²) in [4.78, 5) is 0. The van der Waals surface area contributed by atoms with Crippen LogP contribution < -0.4 is 10.6 Å². The molecule has 0 saturated heterocycles. The normalized spacial score (nSPS) is 42.6. The molecule has 7 atom stereocenters. The van der Waals surface area contributed by atoms with E-state index in [-0.39, 0.29) is 11.6 Å². The SMILES string of the molecule is [CH2-][NH2+]C1C2C(C(C)CCC=C(C)C)CCC(C)([NH2+][CH2-])C2CCC1(C)O. The van der Waals surface area contributed by atoms with Crippen molar-refractivity contribution in [1.29, 1.82) is 0 Å². The molecule has 0 bridgehead atoms. The quantitative estimate of drug-likeness (QED) is 0.500. The van der Waals surface area contributed by atoms with Crippen LogP contribution in [0.2, 0.25) is 0 Å². The predicted octanol–water partition coefficient (Wildman–Crippen LogP) is 2.39. The Morgan fingerprint density at radius 2 is 1.92 bits per heavy atom. The number of hydrogen-bond acceptors (Lipinski definition) is 1. The molecular formula is C22H42N2O. The molecule has 0 aromatic rings. The van der Waals surface area contributed by atoms with Crippen LogP contribution in [-0.4, -0.2) is 22.3 Å². The van der Waals surface area contributed by atoms with Crippen LogP contribution in [0, 0.1) is 37.8 Å². The van der Waals surface area contributed by atoms with Crippen LogP contribution in [0.3, 0.4) is 0 Å². The Labute approximate surface area is 156 Å². The van der Waals surface area contributed by atoms with Crippen molar-refractivity contribution in [2.75, 3.05) is 0 Å². The van der Waals surface area contributed by atoms with E-state index in [1.807, 2.05) is 6.92 Å². The second-order valence-corrected chi connectivity index (χ2v) is 9.59. The Morgan fingerprint density at radius 1 is 1.24 bits per heavy atom. The Balaban J connectivity index is 2.26. The van der Waals surface area contributed by atoms with Gasteiger partial charge in [0.15, 0.2) is 0 Å². The van der Waals surface area contributed by atoms with Crippen LogP contribution in [-0.2, 0) is 0 Å². The highest BCUT2D eigenvalue weighted by atomic mass is 16.3. The fourth-order valence-electron chi connectivity index (χ4n) is 5.84. The van der Waals surface area contributed by atoms with Gasteiger partial charge in [-0.25, -0.2) is 0 Å². The van der Waals surface area contributed by atoms with E-state index in [0.29, 0.717) is 23.7 Å². The van der Waals surface area contributed by atoms with Gasteiger partial charge < -0.3 is 15.7 Å². The molecule has 0 aromatic carbocycles. The number of aliphatic hydroxyl groups is 1. The lowest BCUT2D eigenvalue weighted by atomic mass is 9.52. The number of hydrogen-bond donors (Lipinski definition) is 3. The summed E-state index contributed by atoms with van der Waals surface area (Å²) in [5.74, 6) is 2.52. The van der Waals surface area contributed by atoms with Crippen molar-refractivity contribution in [3.8, 4) is 0 Å².